The average Bonchev–Trinajstić information content (AvgIpc) is 2.82. The number of nitriles is 1. The van der Waals surface area contributed by atoms with Gasteiger partial charge in [0.15, 0.2) is 0 Å². The van der Waals surface area contributed by atoms with Crippen molar-refractivity contribution in [2.75, 3.05) is 13.2 Å². The number of nitro benzene ring substituents is 1. The first kappa shape index (κ1) is 24.3. The molecule has 0 aliphatic carbocycles. The standard InChI is InChI=1S/C24H24N2O6S/c25-15-21(19(7-9-23(27)28)16-10-12-31-13-11-16)24(33)20-14-18(6-8-22(20)26(29)30)32-17-4-2-1-3-5-17/h1-6,8,14,16,19,33H,7,9-13H2,(H,27,28)/b24-21-. The largest absolute Gasteiger partial charge is 0.481 e. The number of para-hydroxylation sites is 1. The molecule has 1 saturated heterocycles. The van der Waals surface area contributed by atoms with Gasteiger partial charge in [0.25, 0.3) is 5.69 Å². The Hall–Kier alpha value is -3.35. The molecule has 1 heterocycles. The van der Waals surface area contributed by atoms with Gasteiger partial charge in [-0.25, -0.2) is 0 Å². The Labute approximate surface area is 197 Å². The number of carboxylic acid groups (broad SMARTS) is 1. The predicted octanol–water partition coefficient (Wildman–Crippen LogP) is 5.46. The normalized spacial score (nSPS) is 15.8. The zero-order valence-electron chi connectivity index (χ0n) is 17.8. The van der Waals surface area contributed by atoms with Crippen molar-refractivity contribution < 1.29 is 24.3 Å². The van der Waals surface area contributed by atoms with Gasteiger partial charge in [-0.2, -0.15) is 5.26 Å². The van der Waals surface area contributed by atoms with Crippen LogP contribution in [-0.2, 0) is 9.53 Å². The molecule has 172 valence electrons. The second kappa shape index (κ2) is 11.5. The van der Waals surface area contributed by atoms with Crippen LogP contribution >= 0.6 is 12.6 Å². The van der Waals surface area contributed by atoms with Gasteiger partial charge in [0.1, 0.15) is 11.5 Å². The van der Waals surface area contributed by atoms with E-state index in [0.29, 0.717) is 37.6 Å². The van der Waals surface area contributed by atoms with Gasteiger partial charge in [0.2, 0.25) is 0 Å². The molecule has 0 spiro atoms. The minimum Gasteiger partial charge on any atom is -0.481 e. The molecule has 1 atom stereocenters. The number of nitrogens with zero attached hydrogens (tertiary/aromatic N) is 2. The lowest BCUT2D eigenvalue weighted by Crippen LogP contribution is -2.25. The highest BCUT2D eigenvalue weighted by atomic mass is 32.1. The molecule has 8 nitrogen and oxygen atoms in total. The van der Waals surface area contributed by atoms with E-state index < -0.39 is 16.8 Å². The van der Waals surface area contributed by atoms with Gasteiger partial charge in [-0.1, -0.05) is 18.2 Å². The molecular weight excluding hydrogens is 444 g/mol. The summed E-state index contributed by atoms with van der Waals surface area (Å²) in [5.74, 6) is -0.421. The summed E-state index contributed by atoms with van der Waals surface area (Å²) in [5.41, 5.74) is 0.185. The second-order valence-corrected chi connectivity index (χ2v) is 8.16. The summed E-state index contributed by atoms with van der Waals surface area (Å²) >= 11 is 4.55. The minimum atomic E-state index is -0.964. The minimum absolute atomic E-state index is 0.0257. The van der Waals surface area contributed by atoms with E-state index in [0.717, 1.165) is 0 Å². The molecule has 0 aromatic heterocycles. The summed E-state index contributed by atoms with van der Waals surface area (Å²) in [6.45, 7) is 1.05. The molecule has 1 unspecified atom stereocenters. The first-order chi connectivity index (χ1) is 15.9. The molecule has 1 aliphatic heterocycles. The number of rotatable bonds is 9. The van der Waals surface area contributed by atoms with Gasteiger partial charge in [0, 0.05) is 36.2 Å². The average molecular weight is 469 g/mol. The number of benzene rings is 2. The smallest absolute Gasteiger partial charge is 0.303 e. The lowest BCUT2D eigenvalue weighted by atomic mass is 9.78. The van der Waals surface area contributed by atoms with Crippen molar-refractivity contribution in [3.63, 3.8) is 0 Å². The third-order valence-electron chi connectivity index (χ3n) is 5.65. The molecule has 1 aliphatic rings. The maximum atomic E-state index is 11.7. The van der Waals surface area contributed by atoms with Gasteiger partial charge >= 0.3 is 5.97 Å². The zero-order chi connectivity index (χ0) is 23.8. The first-order valence-corrected chi connectivity index (χ1v) is 11.0. The van der Waals surface area contributed by atoms with Gasteiger partial charge in [-0.15, -0.1) is 12.6 Å². The Morgan fingerprint density at radius 1 is 1.24 bits per heavy atom. The maximum absolute atomic E-state index is 11.7. The summed E-state index contributed by atoms with van der Waals surface area (Å²) in [6, 6.07) is 15.4. The van der Waals surface area contributed by atoms with Crippen LogP contribution in [0.15, 0.2) is 54.1 Å². The fraction of sp³-hybridized carbons (Fsp3) is 0.333. The lowest BCUT2D eigenvalue weighted by molar-refractivity contribution is -0.385. The van der Waals surface area contributed by atoms with Crippen molar-refractivity contribution in [1.82, 2.24) is 0 Å². The Morgan fingerprint density at radius 2 is 1.94 bits per heavy atom. The summed E-state index contributed by atoms with van der Waals surface area (Å²) in [4.78, 5) is 22.6. The van der Waals surface area contributed by atoms with E-state index >= 15 is 0 Å². The molecule has 9 heteroatoms. The van der Waals surface area contributed by atoms with E-state index in [1.807, 2.05) is 6.07 Å². The third-order valence-corrected chi connectivity index (χ3v) is 6.13. The van der Waals surface area contributed by atoms with Crippen LogP contribution < -0.4 is 4.74 Å². The van der Waals surface area contributed by atoms with Gasteiger partial charge in [-0.05, 0) is 55.4 Å². The van der Waals surface area contributed by atoms with Crippen molar-refractivity contribution in [2.24, 2.45) is 11.8 Å². The van der Waals surface area contributed by atoms with Crippen LogP contribution in [-0.4, -0.2) is 29.2 Å². The number of allylic oxidation sites excluding steroid dienone is 1. The topological polar surface area (TPSA) is 123 Å². The molecule has 1 fully saturated rings. The number of ether oxygens (including phenoxy) is 2. The monoisotopic (exact) mass is 468 g/mol. The molecule has 2 aromatic rings. The van der Waals surface area contributed by atoms with Gasteiger partial charge in [0.05, 0.1) is 16.6 Å². The first-order valence-electron chi connectivity index (χ1n) is 10.5. The molecule has 1 N–H and O–H groups in total. The third kappa shape index (κ3) is 6.34. The molecule has 0 amide bonds. The van der Waals surface area contributed by atoms with Crippen LogP contribution in [0.5, 0.6) is 11.5 Å². The SMILES string of the molecule is N#C/C(=C(/S)c1cc(Oc2ccccc2)ccc1[N+](=O)[O-])C(CCC(=O)O)C1CCOCC1. The van der Waals surface area contributed by atoms with E-state index in [1.54, 1.807) is 24.3 Å². The lowest BCUT2D eigenvalue weighted by Gasteiger charge is -2.30. The number of carboxylic acids is 1. The van der Waals surface area contributed by atoms with Crippen LogP contribution in [0, 0.1) is 33.3 Å². The van der Waals surface area contributed by atoms with Crippen LogP contribution in [0.4, 0.5) is 5.69 Å². The number of carbonyl (C=O) groups is 1. The Bertz CT molecular complexity index is 1070. The number of nitro groups is 1. The number of aliphatic carboxylic acids is 1. The van der Waals surface area contributed by atoms with Crippen molar-refractivity contribution in [1.29, 1.82) is 5.26 Å². The molecule has 0 bridgehead atoms. The highest BCUT2D eigenvalue weighted by Crippen LogP contribution is 2.41. The fourth-order valence-corrected chi connectivity index (χ4v) is 4.42. The Morgan fingerprint density at radius 3 is 2.55 bits per heavy atom. The quantitative estimate of drug-likeness (QED) is 0.217. The number of hydrogen-bond donors (Lipinski definition) is 2. The van der Waals surface area contributed by atoms with E-state index in [9.17, 15) is 25.3 Å². The maximum Gasteiger partial charge on any atom is 0.303 e. The zero-order valence-corrected chi connectivity index (χ0v) is 18.7. The Kier molecular flexibility index (Phi) is 8.46. The predicted molar refractivity (Wildman–Crippen MR) is 125 cm³/mol. The highest BCUT2D eigenvalue weighted by molar-refractivity contribution is 7.90. The van der Waals surface area contributed by atoms with Crippen LogP contribution in [0.3, 0.4) is 0 Å². The molecular formula is C24H24N2O6S. The molecule has 3 rings (SSSR count). The van der Waals surface area contributed by atoms with Crippen LogP contribution in [0.1, 0.15) is 31.2 Å². The highest BCUT2D eigenvalue weighted by Gasteiger charge is 2.31. The molecule has 2 aromatic carbocycles. The van der Waals surface area contributed by atoms with Crippen molar-refractivity contribution in [3.05, 3.63) is 69.8 Å². The molecule has 0 radical (unpaired) electrons. The van der Waals surface area contributed by atoms with Gasteiger partial charge < -0.3 is 14.6 Å². The second-order valence-electron chi connectivity index (χ2n) is 7.71. The fourth-order valence-electron chi connectivity index (χ4n) is 4.02. The van der Waals surface area contributed by atoms with E-state index in [-0.39, 0.29) is 40.5 Å². The van der Waals surface area contributed by atoms with Crippen LogP contribution in [0.25, 0.3) is 4.91 Å². The van der Waals surface area contributed by atoms with Crippen molar-refractivity contribution >= 4 is 29.2 Å². The molecule has 0 saturated carbocycles. The summed E-state index contributed by atoms with van der Waals surface area (Å²) in [6.07, 6.45) is 1.47. The summed E-state index contributed by atoms with van der Waals surface area (Å²) in [5, 5.41) is 31.0. The Balaban J connectivity index is 2.05. The molecule has 33 heavy (non-hydrogen) atoms. The van der Waals surface area contributed by atoms with Crippen LogP contribution in [0.2, 0.25) is 0 Å². The number of hydrogen-bond acceptors (Lipinski definition) is 7. The van der Waals surface area contributed by atoms with E-state index in [4.69, 9.17) is 9.47 Å². The number of thiol groups is 1. The van der Waals surface area contributed by atoms with Gasteiger partial charge in [-0.3, -0.25) is 14.9 Å². The van der Waals surface area contributed by atoms with Crippen molar-refractivity contribution in [2.45, 2.75) is 25.7 Å². The van der Waals surface area contributed by atoms with E-state index in [1.165, 1.54) is 18.2 Å². The summed E-state index contributed by atoms with van der Waals surface area (Å²) in [7, 11) is 0. The van der Waals surface area contributed by atoms with E-state index in [2.05, 4.69) is 18.7 Å². The summed E-state index contributed by atoms with van der Waals surface area (Å²) < 4.78 is 11.2. The van der Waals surface area contributed by atoms with Crippen molar-refractivity contribution in [3.8, 4) is 17.6 Å².